The number of hydrogen-bond acceptors (Lipinski definition) is 3. The lowest BCUT2D eigenvalue weighted by Crippen LogP contribution is -2.42. The van der Waals surface area contributed by atoms with Gasteiger partial charge in [0.25, 0.3) is 5.56 Å². The summed E-state index contributed by atoms with van der Waals surface area (Å²) in [6.45, 7) is 10.8. The Labute approximate surface area is 128 Å². The smallest absolute Gasteiger partial charge is 0.250 e. The minimum absolute atomic E-state index is 0.102. The molecule has 4 heteroatoms. The Balaban J connectivity index is 1.74. The van der Waals surface area contributed by atoms with Crippen LogP contribution in [-0.2, 0) is 6.54 Å². The van der Waals surface area contributed by atoms with Gasteiger partial charge in [0, 0.05) is 31.9 Å². The van der Waals surface area contributed by atoms with Crippen LogP contribution in [0.15, 0.2) is 29.2 Å². The molecule has 0 spiro atoms. The summed E-state index contributed by atoms with van der Waals surface area (Å²) < 4.78 is 1.81. The molecule has 1 aliphatic heterocycles. The van der Waals surface area contributed by atoms with E-state index in [1.54, 1.807) is 16.7 Å². The first-order valence-corrected chi connectivity index (χ1v) is 8.23. The zero-order valence-corrected chi connectivity index (χ0v) is 13.4. The van der Waals surface area contributed by atoms with E-state index in [1.165, 1.54) is 19.4 Å². The molecule has 1 aromatic heterocycles. The number of pyridine rings is 1. The molecule has 118 valence electrons. The summed E-state index contributed by atoms with van der Waals surface area (Å²) in [7, 11) is 0. The summed E-state index contributed by atoms with van der Waals surface area (Å²) in [6.07, 6.45) is 4.48. The highest BCUT2D eigenvalue weighted by atomic mass is 16.1. The van der Waals surface area contributed by atoms with Gasteiger partial charge < -0.3 is 14.8 Å². The molecule has 0 radical (unpaired) electrons. The number of likely N-dealkylation sites (tertiary alicyclic amines) is 1. The van der Waals surface area contributed by atoms with Gasteiger partial charge >= 0.3 is 0 Å². The molecular weight excluding hydrogens is 262 g/mol. The van der Waals surface area contributed by atoms with Crippen LogP contribution in [-0.4, -0.2) is 42.2 Å². The Kier molecular flexibility index (Phi) is 6.46. The number of nitrogens with zero attached hydrogens (tertiary/aromatic N) is 2. The lowest BCUT2D eigenvalue weighted by molar-refractivity contribution is 0.166. The van der Waals surface area contributed by atoms with Crippen molar-refractivity contribution in [2.75, 3.05) is 32.7 Å². The van der Waals surface area contributed by atoms with Gasteiger partial charge in [-0.25, -0.2) is 0 Å². The molecule has 0 bridgehead atoms. The zero-order valence-electron chi connectivity index (χ0n) is 13.4. The van der Waals surface area contributed by atoms with Crippen molar-refractivity contribution in [1.29, 1.82) is 0 Å². The topological polar surface area (TPSA) is 37.3 Å². The van der Waals surface area contributed by atoms with Crippen molar-refractivity contribution in [2.45, 2.75) is 33.2 Å². The molecule has 1 saturated heterocycles. The maximum absolute atomic E-state index is 11.7. The summed E-state index contributed by atoms with van der Waals surface area (Å²) in [5, 5.41) is 3.58. The van der Waals surface area contributed by atoms with E-state index in [0.717, 1.165) is 44.6 Å². The normalized spacial score (nSPS) is 20.0. The van der Waals surface area contributed by atoms with Crippen LogP contribution in [0.2, 0.25) is 0 Å². The lowest BCUT2D eigenvalue weighted by Gasteiger charge is -2.33. The minimum Gasteiger partial charge on any atom is -0.316 e. The third-order valence-corrected chi connectivity index (χ3v) is 4.14. The van der Waals surface area contributed by atoms with Gasteiger partial charge in [-0.2, -0.15) is 0 Å². The highest BCUT2D eigenvalue weighted by molar-refractivity contribution is 4.93. The molecule has 1 aliphatic rings. The van der Waals surface area contributed by atoms with E-state index in [0.29, 0.717) is 0 Å². The fourth-order valence-corrected chi connectivity index (χ4v) is 2.99. The second-order valence-electron chi connectivity index (χ2n) is 6.59. The molecule has 1 fully saturated rings. The van der Waals surface area contributed by atoms with Crippen molar-refractivity contribution >= 4 is 0 Å². The number of hydrogen-bond donors (Lipinski definition) is 1. The predicted molar refractivity (Wildman–Crippen MR) is 87.6 cm³/mol. The van der Waals surface area contributed by atoms with Crippen LogP contribution in [0.25, 0.3) is 0 Å². The van der Waals surface area contributed by atoms with Gasteiger partial charge in [-0.05, 0) is 50.4 Å². The van der Waals surface area contributed by atoms with E-state index in [9.17, 15) is 4.79 Å². The van der Waals surface area contributed by atoms with E-state index >= 15 is 0 Å². The first-order chi connectivity index (χ1) is 10.1. The quantitative estimate of drug-likeness (QED) is 0.832. The summed E-state index contributed by atoms with van der Waals surface area (Å²) in [5.74, 6) is 1.47. The molecule has 1 unspecified atom stereocenters. The Bertz CT molecular complexity index is 469. The van der Waals surface area contributed by atoms with Crippen LogP contribution in [0.4, 0.5) is 0 Å². The van der Waals surface area contributed by atoms with Crippen LogP contribution in [0.1, 0.15) is 26.7 Å². The molecule has 0 aromatic carbocycles. The van der Waals surface area contributed by atoms with E-state index in [-0.39, 0.29) is 5.56 Å². The number of piperidine rings is 1. The van der Waals surface area contributed by atoms with E-state index in [2.05, 4.69) is 24.1 Å². The molecule has 1 aromatic rings. The second-order valence-corrected chi connectivity index (χ2v) is 6.59. The van der Waals surface area contributed by atoms with Crippen LogP contribution >= 0.6 is 0 Å². The number of nitrogens with one attached hydrogen (secondary N) is 1. The first-order valence-electron chi connectivity index (χ1n) is 8.23. The molecule has 21 heavy (non-hydrogen) atoms. The molecule has 4 nitrogen and oxygen atoms in total. The molecule has 2 rings (SSSR count). The predicted octanol–water partition coefficient (Wildman–Crippen LogP) is 1.81. The third-order valence-electron chi connectivity index (χ3n) is 4.14. The van der Waals surface area contributed by atoms with Gasteiger partial charge in [-0.3, -0.25) is 4.79 Å². The first kappa shape index (κ1) is 16.2. The zero-order chi connectivity index (χ0) is 15.1. The monoisotopic (exact) mass is 291 g/mol. The largest absolute Gasteiger partial charge is 0.316 e. The fourth-order valence-electron chi connectivity index (χ4n) is 2.99. The Morgan fingerprint density at radius 3 is 2.95 bits per heavy atom. The Morgan fingerprint density at radius 2 is 2.19 bits per heavy atom. The SMILES string of the molecule is CC(C)CNCC1CCCN(CCn2ccccc2=O)C1. The van der Waals surface area contributed by atoms with Crippen LogP contribution < -0.4 is 10.9 Å². The van der Waals surface area contributed by atoms with Crippen molar-refractivity contribution in [2.24, 2.45) is 11.8 Å². The number of aromatic nitrogens is 1. The molecule has 0 amide bonds. The van der Waals surface area contributed by atoms with Crippen molar-refractivity contribution in [3.8, 4) is 0 Å². The van der Waals surface area contributed by atoms with Crippen molar-refractivity contribution in [3.63, 3.8) is 0 Å². The van der Waals surface area contributed by atoms with Crippen molar-refractivity contribution in [1.82, 2.24) is 14.8 Å². The fraction of sp³-hybridized carbons (Fsp3) is 0.706. The Morgan fingerprint density at radius 1 is 1.33 bits per heavy atom. The van der Waals surface area contributed by atoms with Crippen molar-refractivity contribution in [3.05, 3.63) is 34.7 Å². The molecular formula is C17H29N3O. The molecule has 0 saturated carbocycles. The van der Waals surface area contributed by atoms with Crippen LogP contribution in [0.3, 0.4) is 0 Å². The maximum atomic E-state index is 11.7. The average molecular weight is 291 g/mol. The lowest BCUT2D eigenvalue weighted by atomic mass is 9.98. The maximum Gasteiger partial charge on any atom is 0.250 e. The average Bonchev–Trinajstić information content (AvgIpc) is 2.46. The summed E-state index contributed by atoms with van der Waals surface area (Å²) in [4.78, 5) is 14.2. The highest BCUT2D eigenvalue weighted by Gasteiger charge is 2.19. The van der Waals surface area contributed by atoms with Crippen molar-refractivity contribution < 1.29 is 0 Å². The van der Waals surface area contributed by atoms with Gasteiger partial charge in [0.05, 0.1) is 0 Å². The second kappa shape index (κ2) is 8.35. The van der Waals surface area contributed by atoms with Crippen LogP contribution in [0.5, 0.6) is 0 Å². The summed E-state index contributed by atoms with van der Waals surface area (Å²) in [6, 6.07) is 5.36. The highest BCUT2D eigenvalue weighted by Crippen LogP contribution is 2.15. The van der Waals surface area contributed by atoms with E-state index < -0.39 is 0 Å². The standard InChI is InChI=1S/C17H29N3O/c1-15(2)12-18-13-16-6-5-8-19(14-16)10-11-20-9-4-3-7-17(20)21/h3-4,7,9,15-16,18H,5-6,8,10-14H2,1-2H3. The third kappa shape index (κ3) is 5.64. The summed E-state index contributed by atoms with van der Waals surface area (Å²) in [5.41, 5.74) is 0.102. The Hall–Kier alpha value is -1.13. The minimum atomic E-state index is 0.102. The van der Waals surface area contributed by atoms with Crippen LogP contribution in [0, 0.1) is 11.8 Å². The molecule has 1 atom stereocenters. The van der Waals surface area contributed by atoms with Gasteiger partial charge in [0.15, 0.2) is 0 Å². The molecule has 1 N–H and O–H groups in total. The number of rotatable bonds is 7. The van der Waals surface area contributed by atoms with Gasteiger partial charge in [0.2, 0.25) is 0 Å². The van der Waals surface area contributed by atoms with E-state index in [4.69, 9.17) is 0 Å². The van der Waals surface area contributed by atoms with E-state index in [1.807, 2.05) is 12.3 Å². The van der Waals surface area contributed by atoms with Gasteiger partial charge in [-0.1, -0.05) is 19.9 Å². The van der Waals surface area contributed by atoms with Gasteiger partial charge in [-0.15, -0.1) is 0 Å². The molecule has 2 heterocycles. The summed E-state index contributed by atoms with van der Waals surface area (Å²) >= 11 is 0. The molecule has 0 aliphatic carbocycles. The van der Waals surface area contributed by atoms with Gasteiger partial charge in [0.1, 0.15) is 0 Å².